The van der Waals surface area contributed by atoms with Crippen LogP contribution in [0, 0.1) is 6.92 Å². The van der Waals surface area contributed by atoms with Crippen LogP contribution >= 0.6 is 11.3 Å². The summed E-state index contributed by atoms with van der Waals surface area (Å²) in [6.45, 7) is 3.52. The topological polar surface area (TPSA) is 79.3 Å². The second kappa shape index (κ2) is 6.36. The summed E-state index contributed by atoms with van der Waals surface area (Å²) in [4.78, 5) is 28.6. The lowest BCUT2D eigenvalue weighted by Crippen LogP contribution is -2.49. The Morgan fingerprint density at radius 3 is 2.46 bits per heavy atom. The molecule has 6 heteroatoms. The molecule has 3 rings (SSSR count). The van der Waals surface area contributed by atoms with Crippen molar-refractivity contribution >= 4 is 23.2 Å². The van der Waals surface area contributed by atoms with Gasteiger partial charge in [0, 0.05) is 0 Å². The van der Waals surface area contributed by atoms with Gasteiger partial charge < -0.3 is 10.4 Å². The van der Waals surface area contributed by atoms with Crippen LogP contribution in [0.3, 0.4) is 0 Å². The Bertz CT molecular complexity index is 766. The molecule has 0 aliphatic heterocycles. The summed E-state index contributed by atoms with van der Waals surface area (Å²) in [6.07, 6.45) is 2.72. The van der Waals surface area contributed by atoms with Gasteiger partial charge in [0.1, 0.15) is 9.88 Å². The number of aromatic nitrogens is 1. The number of nitrogens with one attached hydrogen (secondary N) is 1. The highest BCUT2D eigenvalue weighted by Crippen LogP contribution is 2.44. The zero-order chi connectivity index (χ0) is 17.3. The molecule has 2 aromatic rings. The van der Waals surface area contributed by atoms with E-state index in [9.17, 15) is 9.59 Å². The van der Waals surface area contributed by atoms with Gasteiger partial charge in [-0.2, -0.15) is 0 Å². The fourth-order valence-electron chi connectivity index (χ4n) is 3.13. The number of thiazole rings is 1. The summed E-state index contributed by atoms with van der Waals surface area (Å²) in [5.41, 5.74) is 1.07. The van der Waals surface area contributed by atoms with Crippen LogP contribution in [0.2, 0.25) is 0 Å². The van der Waals surface area contributed by atoms with E-state index >= 15 is 0 Å². The minimum absolute atomic E-state index is 0.00261. The lowest BCUT2D eigenvalue weighted by molar-refractivity contribution is -0.130. The fourth-order valence-corrected chi connectivity index (χ4v) is 4.04. The normalized spacial score (nSPS) is 16.9. The number of hydrogen-bond donors (Lipinski definition) is 2. The van der Waals surface area contributed by atoms with Gasteiger partial charge in [-0.05, 0) is 32.3 Å². The number of hydrogen-bond acceptors (Lipinski definition) is 4. The Hall–Kier alpha value is -2.21. The van der Waals surface area contributed by atoms with E-state index in [1.54, 1.807) is 6.92 Å². The van der Waals surface area contributed by atoms with Crippen molar-refractivity contribution in [1.29, 1.82) is 0 Å². The highest BCUT2D eigenvalue weighted by Gasteiger charge is 2.45. The molecule has 0 saturated heterocycles. The van der Waals surface area contributed by atoms with Gasteiger partial charge in [-0.25, -0.2) is 9.78 Å². The molecule has 0 spiro atoms. The third-order valence-corrected chi connectivity index (χ3v) is 6.02. The first-order valence-corrected chi connectivity index (χ1v) is 8.83. The van der Waals surface area contributed by atoms with Gasteiger partial charge in [0.05, 0.1) is 17.2 Å². The van der Waals surface area contributed by atoms with E-state index in [1.807, 2.05) is 37.3 Å². The van der Waals surface area contributed by atoms with Crippen molar-refractivity contribution in [1.82, 2.24) is 10.3 Å². The predicted molar refractivity (Wildman–Crippen MR) is 92.3 cm³/mol. The molecule has 1 aromatic carbocycles. The number of rotatable bonds is 5. The van der Waals surface area contributed by atoms with Gasteiger partial charge in [-0.3, -0.25) is 4.79 Å². The summed E-state index contributed by atoms with van der Waals surface area (Å²) >= 11 is 1.12. The van der Waals surface area contributed by atoms with E-state index in [4.69, 9.17) is 5.11 Å². The van der Waals surface area contributed by atoms with E-state index in [-0.39, 0.29) is 16.8 Å². The van der Waals surface area contributed by atoms with Gasteiger partial charge in [0.15, 0.2) is 0 Å². The van der Waals surface area contributed by atoms with Gasteiger partial charge in [-0.1, -0.05) is 36.8 Å². The molecule has 1 aliphatic rings. The number of carboxylic acid groups (broad SMARTS) is 1. The SMILES string of the molecule is Cc1nc(C(C)NC(=O)C2(c3ccccc3)CCC2)sc1C(=O)O. The molecule has 0 bridgehead atoms. The molecule has 126 valence electrons. The monoisotopic (exact) mass is 344 g/mol. The number of carboxylic acids is 1. The zero-order valence-corrected chi connectivity index (χ0v) is 14.5. The molecule has 1 fully saturated rings. The van der Waals surface area contributed by atoms with Crippen molar-refractivity contribution < 1.29 is 14.7 Å². The second-order valence-electron chi connectivity index (χ2n) is 6.27. The molecule has 1 atom stereocenters. The third-order valence-electron chi connectivity index (χ3n) is 4.69. The van der Waals surface area contributed by atoms with Crippen LogP contribution in [0.4, 0.5) is 0 Å². The molecule has 1 amide bonds. The number of benzene rings is 1. The van der Waals surface area contributed by atoms with Crippen molar-refractivity contribution in [2.45, 2.75) is 44.6 Å². The quantitative estimate of drug-likeness (QED) is 0.871. The van der Waals surface area contributed by atoms with Crippen LogP contribution in [0.15, 0.2) is 30.3 Å². The Balaban J connectivity index is 1.79. The summed E-state index contributed by atoms with van der Waals surface area (Å²) in [6, 6.07) is 9.54. The maximum absolute atomic E-state index is 12.9. The van der Waals surface area contributed by atoms with Crippen molar-refractivity contribution in [3.8, 4) is 0 Å². The van der Waals surface area contributed by atoms with E-state index in [1.165, 1.54) is 0 Å². The zero-order valence-electron chi connectivity index (χ0n) is 13.7. The van der Waals surface area contributed by atoms with E-state index in [0.29, 0.717) is 10.7 Å². The average molecular weight is 344 g/mol. The summed E-state index contributed by atoms with van der Waals surface area (Å²) in [7, 11) is 0. The molecular formula is C18H20N2O3S. The lowest BCUT2D eigenvalue weighted by atomic mass is 9.63. The molecule has 1 aromatic heterocycles. The van der Waals surface area contributed by atoms with E-state index in [2.05, 4.69) is 10.3 Å². The molecule has 1 saturated carbocycles. The smallest absolute Gasteiger partial charge is 0.347 e. The first kappa shape index (κ1) is 16.6. The van der Waals surface area contributed by atoms with Gasteiger partial charge in [0.2, 0.25) is 5.91 Å². The number of amides is 1. The summed E-state index contributed by atoms with van der Waals surface area (Å²) in [5, 5.41) is 12.8. The van der Waals surface area contributed by atoms with Crippen LogP contribution in [0.5, 0.6) is 0 Å². The Morgan fingerprint density at radius 1 is 1.29 bits per heavy atom. The summed E-state index contributed by atoms with van der Waals surface area (Å²) in [5.74, 6) is -0.980. The maximum Gasteiger partial charge on any atom is 0.347 e. The van der Waals surface area contributed by atoms with Gasteiger partial charge in [-0.15, -0.1) is 11.3 Å². The Morgan fingerprint density at radius 2 is 1.96 bits per heavy atom. The predicted octanol–water partition coefficient (Wildman–Crippen LogP) is 3.45. The highest BCUT2D eigenvalue weighted by atomic mass is 32.1. The van der Waals surface area contributed by atoms with E-state index < -0.39 is 11.4 Å². The first-order valence-electron chi connectivity index (χ1n) is 8.01. The molecule has 1 heterocycles. The molecular weight excluding hydrogens is 324 g/mol. The van der Waals surface area contributed by atoms with Gasteiger partial charge >= 0.3 is 5.97 Å². The van der Waals surface area contributed by atoms with Crippen LogP contribution < -0.4 is 5.32 Å². The molecule has 5 nitrogen and oxygen atoms in total. The van der Waals surface area contributed by atoms with Gasteiger partial charge in [0.25, 0.3) is 0 Å². The fraction of sp³-hybridized carbons (Fsp3) is 0.389. The molecule has 2 N–H and O–H groups in total. The van der Waals surface area contributed by atoms with E-state index in [0.717, 1.165) is 36.2 Å². The largest absolute Gasteiger partial charge is 0.477 e. The molecule has 24 heavy (non-hydrogen) atoms. The lowest BCUT2D eigenvalue weighted by Gasteiger charge is -2.41. The summed E-state index contributed by atoms with van der Waals surface area (Å²) < 4.78 is 0. The van der Waals surface area contributed by atoms with Crippen molar-refractivity contribution in [2.24, 2.45) is 0 Å². The minimum Gasteiger partial charge on any atom is -0.477 e. The van der Waals surface area contributed by atoms with Crippen molar-refractivity contribution in [3.63, 3.8) is 0 Å². The minimum atomic E-state index is -0.977. The van der Waals surface area contributed by atoms with Crippen LogP contribution in [-0.4, -0.2) is 22.0 Å². The number of carbonyl (C=O) groups is 2. The Kier molecular flexibility index (Phi) is 4.41. The number of carbonyl (C=O) groups excluding carboxylic acids is 1. The molecule has 1 aliphatic carbocycles. The van der Waals surface area contributed by atoms with Crippen molar-refractivity contribution in [2.75, 3.05) is 0 Å². The highest BCUT2D eigenvalue weighted by molar-refractivity contribution is 7.13. The molecule has 0 radical (unpaired) electrons. The van der Waals surface area contributed by atoms with Crippen LogP contribution in [0.25, 0.3) is 0 Å². The first-order chi connectivity index (χ1) is 11.4. The van der Waals surface area contributed by atoms with Crippen LogP contribution in [-0.2, 0) is 10.2 Å². The third kappa shape index (κ3) is 2.82. The number of nitrogens with zero attached hydrogens (tertiary/aromatic N) is 1. The average Bonchev–Trinajstić information content (AvgIpc) is 2.89. The molecule has 1 unspecified atom stereocenters. The number of aromatic carboxylic acids is 1. The maximum atomic E-state index is 12.9. The Labute approximate surface area is 144 Å². The van der Waals surface area contributed by atoms with Crippen molar-refractivity contribution in [3.05, 3.63) is 51.5 Å². The number of aryl methyl sites for hydroxylation is 1. The standard InChI is InChI=1S/C18H20N2O3S/c1-11-14(16(21)22)24-15(19-11)12(2)20-17(23)18(9-6-10-18)13-7-4-3-5-8-13/h3-5,7-8,12H,6,9-10H2,1-2H3,(H,20,23)(H,21,22). The second-order valence-corrected chi connectivity index (χ2v) is 7.30. The van der Waals surface area contributed by atoms with Crippen LogP contribution in [0.1, 0.15) is 58.2 Å².